The molecule has 1 aromatic rings. The summed E-state index contributed by atoms with van der Waals surface area (Å²) in [5.74, 6) is 0. The highest BCUT2D eigenvalue weighted by Gasteiger charge is 2.22. The van der Waals surface area contributed by atoms with Crippen LogP contribution in [0, 0.1) is 6.92 Å². The Morgan fingerprint density at radius 3 is 2.73 bits per heavy atom. The molecule has 58 valence electrons. The zero-order valence-corrected chi connectivity index (χ0v) is 6.77. The molecule has 2 rings (SSSR count). The lowest BCUT2D eigenvalue weighted by Gasteiger charge is -1.95. The van der Waals surface area contributed by atoms with Crippen LogP contribution in [0.3, 0.4) is 0 Å². The molecule has 0 amide bonds. The SMILES string of the molecule is Cc1ccc2cc1NS2(=O)=O. The number of anilines is 1. The molecule has 1 aromatic carbocycles. The third-order valence-electron chi connectivity index (χ3n) is 1.76. The molecule has 1 heterocycles. The molecule has 11 heavy (non-hydrogen) atoms. The summed E-state index contributed by atoms with van der Waals surface area (Å²) in [6, 6.07) is 5.04. The fourth-order valence-electron chi connectivity index (χ4n) is 1.08. The van der Waals surface area contributed by atoms with E-state index in [1.54, 1.807) is 18.2 Å². The van der Waals surface area contributed by atoms with Crippen LogP contribution in [0.15, 0.2) is 23.1 Å². The fraction of sp³-hybridized carbons (Fsp3) is 0.143. The highest BCUT2D eigenvalue weighted by Crippen LogP contribution is 2.28. The third-order valence-corrected chi connectivity index (χ3v) is 3.13. The zero-order chi connectivity index (χ0) is 8.06. The van der Waals surface area contributed by atoms with Crippen LogP contribution in [0.1, 0.15) is 5.56 Å². The van der Waals surface area contributed by atoms with Crippen molar-refractivity contribution in [3.8, 4) is 0 Å². The molecule has 0 saturated heterocycles. The van der Waals surface area contributed by atoms with Gasteiger partial charge in [0.15, 0.2) is 0 Å². The van der Waals surface area contributed by atoms with Crippen molar-refractivity contribution >= 4 is 15.7 Å². The number of fused-ring (bicyclic) bond motifs is 2. The summed E-state index contributed by atoms with van der Waals surface area (Å²) >= 11 is 0. The van der Waals surface area contributed by atoms with Crippen molar-refractivity contribution in [2.45, 2.75) is 11.8 Å². The van der Waals surface area contributed by atoms with Crippen LogP contribution >= 0.6 is 0 Å². The summed E-state index contributed by atoms with van der Waals surface area (Å²) in [5, 5.41) is 0. The summed E-state index contributed by atoms with van der Waals surface area (Å²) in [5.41, 5.74) is 1.65. The first kappa shape index (κ1) is 6.67. The Labute approximate surface area is 65.1 Å². The predicted molar refractivity (Wildman–Crippen MR) is 42.0 cm³/mol. The van der Waals surface area contributed by atoms with Gasteiger partial charge in [-0.2, -0.15) is 0 Å². The van der Waals surface area contributed by atoms with Crippen LogP contribution in [0.5, 0.6) is 0 Å². The van der Waals surface area contributed by atoms with Gasteiger partial charge in [0.2, 0.25) is 0 Å². The Hall–Kier alpha value is -1.03. The number of nitrogens with one attached hydrogen (secondary N) is 1. The van der Waals surface area contributed by atoms with Gasteiger partial charge in [-0.25, -0.2) is 8.42 Å². The van der Waals surface area contributed by atoms with Gasteiger partial charge < -0.3 is 0 Å². The quantitative estimate of drug-likeness (QED) is 0.632. The van der Waals surface area contributed by atoms with Crippen molar-refractivity contribution in [1.29, 1.82) is 0 Å². The van der Waals surface area contributed by atoms with Gasteiger partial charge in [0.25, 0.3) is 10.0 Å². The van der Waals surface area contributed by atoms with E-state index in [0.717, 1.165) is 5.56 Å². The van der Waals surface area contributed by atoms with Crippen molar-refractivity contribution in [2.75, 3.05) is 4.72 Å². The molecular weight excluding hydrogens is 162 g/mol. The smallest absolute Gasteiger partial charge is 0.261 e. The van der Waals surface area contributed by atoms with Crippen LogP contribution in [-0.2, 0) is 10.0 Å². The van der Waals surface area contributed by atoms with E-state index >= 15 is 0 Å². The topological polar surface area (TPSA) is 46.2 Å². The van der Waals surface area contributed by atoms with Crippen molar-refractivity contribution in [3.63, 3.8) is 0 Å². The average Bonchev–Trinajstić information content (AvgIpc) is 2.16. The Bertz CT molecular complexity index is 408. The van der Waals surface area contributed by atoms with E-state index in [9.17, 15) is 8.42 Å². The Morgan fingerprint density at radius 1 is 1.36 bits per heavy atom. The molecule has 0 saturated carbocycles. The molecule has 1 aliphatic heterocycles. The van der Waals surface area contributed by atoms with Gasteiger partial charge >= 0.3 is 0 Å². The Morgan fingerprint density at radius 2 is 2.09 bits per heavy atom. The van der Waals surface area contributed by atoms with Gasteiger partial charge in [-0.1, -0.05) is 6.07 Å². The number of hydrogen-bond donors (Lipinski definition) is 1. The standard InChI is InChI=1S/C7H7NO2S/c1-5-2-3-6-4-7(5)8-11(6,9)10/h2-4,8H,1H3. The van der Waals surface area contributed by atoms with Crippen LogP contribution in [-0.4, -0.2) is 8.42 Å². The maximum absolute atomic E-state index is 11.1. The van der Waals surface area contributed by atoms with E-state index in [-0.39, 0.29) is 0 Å². The summed E-state index contributed by atoms with van der Waals surface area (Å²) < 4.78 is 24.7. The maximum atomic E-state index is 11.1. The van der Waals surface area contributed by atoms with Gasteiger partial charge in [0.1, 0.15) is 0 Å². The second kappa shape index (κ2) is 1.76. The van der Waals surface area contributed by atoms with E-state index in [2.05, 4.69) is 4.72 Å². The minimum Gasteiger partial charge on any atom is -0.279 e. The third kappa shape index (κ3) is 0.826. The highest BCUT2D eigenvalue weighted by molar-refractivity contribution is 7.93. The molecule has 0 aliphatic carbocycles. The lowest BCUT2D eigenvalue weighted by Crippen LogP contribution is -2.05. The Kier molecular flexibility index (Phi) is 1.07. The fourth-order valence-corrected chi connectivity index (χ4v) is 2.23. The molecule has 4 heteroatoms. The van der Waals surface area contributed by atoms with Crippen LogP contribution < -0.4 is 4.72 Å². The molecule has 0 atom stereocenters. The van der Waals surface area contributed by atoms with Gasteiger partial charge in [0.05, 0.1) is 10.6 Å². The molecule has 0 unspecified atom stereocenters. The first-order valence-electron chi connectivity index (χ1n) is 3.23. The van der Waals surface area contributed by atoms with E-state index in [4.69, 9.17) is 0 Å². The summed E-state index contributed by atoms with van der Waals surface area (Å²) in [7, 11) is -3.19. The summed E-state index contributed by atoms with van der Waals surface area (Å²) in [6.07, 6.45) is 0. The number of aryl methyl sites for hydroxylation is 1. The molecule has 0 spiro atoms. The molecule has 1 N–H and O–H groups in total. The normalized spacial score (nSPS) is 17.9. The van der Waals surface area contributed by atoms with Crippen LogP contribution in [0.2, 0.25) is 0 Å². The molecule has 3 nitrogen and oxygen atoms in total. The number of hydrogen-bond acceptors (Lipinski definition) is 2. The molecule has 2 bridgehead atoms. The minimum absolute atomic E-state index is 0.359. The largest absolute Gasteiger partial charge is 0.279 e. The lowest BCUT2D eigenvalue weighted by molar-refractivity contribution is 0.603. The molecular formula is C7H7NO2S. The summed E-state index contributed by atoms with van der Waals surface area (Å²) in [4.78, 5) is 0.359. The molecule has 0 aromatic heterocycles. The van der Waals surface area contributed by atoms with Gasteiger partial charge in [-0.15, -0.1) is 0 Å². The monoisotopic (exact) mass is 169 g/mol. The second-order valence-corrected chi connectivity index (χ2v) is 4.26. The van der Waals surface area contributed by atoms with Gasteiger partial charge in [-0.05, 0) is 24.6 Å². The molecule has 0 fully saturated rings. The Balaban J connectivity index is 2.77. The zero-order valence-electron chi connectivity index (χ0n) is 5.96. The molecule has 1 aliphatic rings. The van der Waals surface area contributed by atoms with E-state index in [0.29, 0.717) is 10.6 Å². The minimum atomic E-state index is -3.19. The second-order valence-electron chi connectivity index (χ2n) is 2.58. The number of benzene rings is 1. The predicted octanol–water partition coefficient (Wildman–Crippen LogP) is 1.11. The van der Waals surface area contributed by atoms with E-state index in [1.807, 2.05) is 6.92 Å². The van der Waals surface area contributed by atoms with Crippen LogP contribution in [0.4, 0.5) is 5.69 Å². The maximum Gasteiger partial charge on any atom is 0.261 e. The van der Waals surface area contributed by atoms with E-state index < -0.39 is 10.0 Å². The van der Waals surface area contributed by atoms with Gasteiger partial charge in [0, 0.05) is 0 Å². The lowest BCUT2D eigenvalue weighted by atomic mass is 10.2. The summed E-state index contributed by atoms with van der Waals surface area (Å²) in [6.45, 7) is 1.87. The van der Waals surface area contributed by atoms with Crippen molar-refractivity contribution in [2.24, 2.45) is 0 Å². The first-order valence-corrected chi connectivity index (χ1v) is 4.71. The van der Waals surface area contributed by atoms with Crippen molar-refractivity contribution in [3.05, 3.63) is 23.8 Å². The number of rotatable bonds is 0. The highest BCUT2D eigenvalue weighted by atomic mass is 32.2. The van der Waals surface area contributed by atoms with Crippen molar-refractivity contribution in [1.82, 2.24) is 0 Å². The van der Waals surface area contributed by atoms with E-state index in [1.165, 1.54) is 0 Å². The number of sulfonamides is 1. The molecule has 0 radical (unpaired) electrons. The van der Waals surface area contributed by atoms with Crippen LogP contribution in [0.25, 0.3) is 0 Å². The first-order chi connectivity index (χ1) is 5.09. The van der Waals surface area contributed by atoms with Crippen molar-refractivity contribution < 1.29 is 8.42 Å². The van der Waals surface area contributed by atoms with Gasteiger partial charge in [-0.3, -0.25) is 4.72 Å². The average molecular weight is 169 g/mol.